The molecule has 0 N–H and O–H groups in total. The Bertz CT molecular complexity index is 571. The summed E-state index contributed by atoms with van der Waals surface area (Å²) in [6.45, 7) is 1.44. The van der Waals surface area contributed by atoms with Gasteiger partial charge in [0.05, 0.1) is 6.61 Å². The monoisotopic (exact) mass is 319 g/mol. The highest BCUT2D eigenvalue weighted by Gasteiger charge is 2.31. The second-order valence-electron chi connectivity index (χ2n) is 4.80. The van der Waals surface area contributed by atoms with Crippen LogP contribution in [0.25, 0.3) is 0 Å². The maximum atomic E-state index is 12.3. The fourth-order valence-corrected chi connectivity index (χ4v) is 4.56. The molecule has 2 heterocycles. The largest absolute Gasteiger partial charge is 0.367 e. The van der Waals surface area contributed by atoms with Crippen LogP contribution in [0.3, 0.4) is 0 Å². The van der Waals surface area contributed by atoms with Crippen LogP contribution in [-0.4, -0.2) is 29.7 Å². The van der Waals surface area contributed by atoms with Crippen molar-refractivity contribution in [3.05, 3.63) is 58.3 Å². The van der Waals surface area contributed by atoms with Crippen molar-refractivity contribution in [3.63, 3.8) is 0 Å². The minimum absolute atomic E-state index is 0.0781. The van der Waals surface area contributed by atoms with Gasteiger partial charge in [0.1, 0.15) is 12.0 Å². The Morgan fingerprint density at radius 2 is 2.10 bits per heavy atom. The summed E-state index contributed by atoms with van der Waals surface area (Å²) < 4.78 is 5.56. The van der Waals surface area contributed by atoms with Crippen LogP contribution in [0.1, 0.15) is 15.8 Å². The van der Waals surface area contributed by atoms with Gasteiger partial charge in [-0.3, -0.25) is 4.79 Å². The molecule has 0 spiro atoms. The lowest BCUT2D eigenvalue weighted by atomic mass is 10.2. The van der Waals surface area contributed by atoms with Crippen LogP contribution in [-0.2, 0) is 16.1 Å². The summed E-state index contributed by atoms with van der Waals surface area (Å²) in [5.74, 6) is 1.07. The van der Waals surface area contributed by atoms with Crippen molar-refractivity contribution in [1.29, 1.82) is 0 Å². The molecular formula is C16H17NO2S2. The summed E-state index contributed by atoms with van der Waals surface area (Å²) in [5.41, 5.74) is 1.09. The van der Waals surface area contributed by atoms with E-state index < -0.39 is 0 Å². The molecule has 21 heavy (non-hydrogen) atoms. The fourth-order valence-electron chi connectivity index (χ4n) is 2.31. The first kappa shape index (κ1) is 14.6. The zero-order chi connectivity index (χ0) is 14.5. The van der Waals surface area contributed by atoms with E-state index in [2.05, 4.69) is 11.4 Å². The van der Waals surface area contributed by atoms with Gasteiger partial charge in [0, 0.05) is 17.2 Å². The maximum absolute atomic E-state index is 12.3. The Morgan fingerprint density at radius 1 is 1.24 bits per heavy atom. The molecule has 0 radical (unpaired) electrons. The first-order chi connectivity index (χ1) is 10.3. The molecule has 1 amide bonds. The molecule has 0 bridgehead atoms. The van der Waals surface area contributed by atoms with Crippen molar-refractivity contribution in [2.45, 2.75) is 12.0 Å². The van der Waals surface area contributed by atoms with E-state index in [-0.39, 0.29) is 17.9 Å². The molecule has 0 saturated carbocycles. The van der Waals surface area contributed by atoms with Crippen LogP contribution >= 0.6 is 23.1 Å². The van der Waals surface area contributed by atoms with Gasteiger partial charge >= 0.3 is 0 Å². The molecule has 0 unspecified atom stereocenters. The lowest BCUT2D eigenvalue weighted by molar-refractivity contribution is -0.136. The number of benzene rings is 1. The highest BCUT2D eigenvalue weighted by Crippen LogP contribution is 2.39. The summed E-state index contributed by atoms with van der Waals surface area (Å²) in [4.78, 5) is 15.5. The van der Waals surface area contributed by atoms with E-state index in [0.717, 1.165) is 17.9 Å². The van der Waals surface area contributed by atoms with Crippen molar-refractivity contribution in [2.75, 3.05) is 18.9 Å². The summed E-state index contributed by atoms with van der Waals surface area (Å²) >= 11 is 3.53. The van der Waals surface area contributed by atoms with Gasteiger partial charge in [0.2, 0.25) is 5.91 Å². The van der Waals surface area contributed by atoms with Crippen LogP contribution in [0.4, 0.5) is 0 Å². The second-order valence-corrected chi connectivity index (χ2v) is 6.97. The normalized spacial score (nSPS) is 18.1. The maximum Gasteiger partial charge on any atom is 0.249 e. The zero-order valence-corrected chi connectivity index (χ0v) is 13.2. The lowest BCUT2D eigenvalue weighted by Crippen LogP contribution is -2.33. The van der Waals surface area contributed by atoms with Crippen LogP contribution in [0.15, 0.2) is 47.8 Å². The van der Waals surface area contributed by atoms with E-state index >= 15 is 0 Å². The van der Waals surface area contributed by atoms with Gasteiger partial charge in [-0.05, 0) is 17.0 Å². The van der Waals surface area contributed by atoms with Gasteiger partial charge in [-0.15, -0.1) is 23.1 Å². The first-order valence-corrected chi connectivity index (χ1v) is 8.83. The van der Waals surface area contributed by atoms with Gasteiger partial charge < -0.3 is 9.64 Å². The van der Waals surface area contributed by atoms with Gasteiger partial charge in [-0.2, -0.15) is 0 Å². The molecule has 1 aliphatic rings. The molecule has 1 aromatic carbocycles. The highest BCUT2D eigenvalue weighted by molar-refractivity contribution is 7.99. The number of hydrogen-bond donors (Lipinski definition) is 0. The topological polar surface area (TPSA) is 29.5 Å². The predicted octanol–water partition coefficient (Wildman–Crippen LogP) is 3.54. The molecule has 3 nitrogen and oxygen atoms in total. The summed E-state index contributed by atoms with van der Waals surface area (Å²) in [6, 6.07) is 14.1. The third-order valence-corrected chi connectivity index (χ3v) is 5.65. The smallest absolute Gasteiger partial charge is 0.249 e. The van der Waals surface area contributed by atoms with E-state index in [0.29, 0.717) is 6.61 Å². The molecule has 5 heteroatoms. The highest BCUT2D eigenvalue weighted by atomic mass is 32.2. The molecular weight excluding hydrogens is 302 g/mol. The molecule has 1 aliphatic heterocycles. The Morgan fingerprint density at radius 3 is 2.86 bits per heavy atom. The molecule has 3 rings (SSSR count). The van der Waals surface area contributed by atoms with Gasteiger partial charge in [-0.25, -0.2) is 0 Å². The molecule has 0 aliphatic carbocycles. The number of nitrogens with zero attached hydrogens (tertiary/aromatic N) is 1. The van der Waals surface area contributed by atoms with Crippen LogP contribution in [0.2, 0.25) is 0 Å². The van der Waals surface area contributed by atoms with E-state index in [1.165, 1.54) is 4.88 Å². The molecule has 1 saturated heterocycles. The number of rotatable bonds is 5. The summed E-state index contributed by atoms with van der Waals surface area (Å²) in [6.07, 6.45) is 0. The van der Waals surface area contributed by atoms with Gasteiger partial charge in [-0.1, -0.05) is 36.4 Å². The molecule has 2 aromatic rings. The number of thiophene rings is 1. The fraction of sp³-hybridized carbons (Fsp3) is 0.312. The number of hydrogen-bond acceptors (Lipinski definition) is 4. The van der Waals surface area contributed by atoms with Gasteiger partial charge in [0.15, 0.2) is 0 Å². The minimum atomic E-state index is 0.0781. The summed E-state index contributed by atoms with van der Waals surface area (Å²) in [7, 11) is 0. The van der Waals surface area contributed by atoms with Crippen molar-refractivity contribution >= 4 is 29.0 Å². The van der Waals surface area contributed by atoms with Crippen molar-refractivity contribution < 1.29 is 9.53 Å². The molecule has 1 fully saturated rings. The van der Waals surface area contributed by atoms with Crippen LogP contribution in [0, 0.1) is 0 Å². The number of carbonyl (C=O) groups excluding carboxylic acids is 1. The molecule has 110 valence electrons. The Hall–Kier alpha value is -1.30. The van der Waals surface area contributed by atoms with E-state index in [1.807, 2.05) is 53.1 Å². The third-order valence-electron chi connectivity index (χ3n) is 3.33. The van der Waals surface area contributed by atoms with E-state index in [1.54, 1.807) is 11.3 Å². The Kier molecular flexibility index (Phi) is 4.95. The SMILES string of the molecule is O=C(COCc1ccccc1)N1CCS[C@@H]1c1cccs1. The lowest BCUT2D eigenvalue weighted by Gasteiger charge is -2.22. The van der Waals surface area contributed by atoms with Crippen molar-refractivity contribution in [2.24, 2.45) is 0 Å². The predicted molar refractivity (Wildman–Crippen MR) is 87.3 cm³/mol. The van der Waals surface area contributed by atoms with Crippen molar-refractivity contribution in [3.8, 4) is 0 Å². The number of thioether (sulfide) groups is 1. The number of amides is 1. The Labute approximate surface area is 132 Å². The number of ether oxygens (including phenoxy) is 1. The summed E-state index contributed by atoms with van der Waals surface area (Å²) in [5, 5.41) is 2.22. The average Bonchev–Trinajstić information content (AvgIpc) is 3.19. The standard InChI is InChI=1S/C16H17NO2S2/c18-15(12-19-11-13-5-2-1-3-6-13)17-8-10-21-16(17)14-7-4-9-20-14/h1-7,9,16H,8,10-12H2/t16-/m1/s1. The third kappa shape index (κ3) is 3.67. The first-order valence-electron chi connectivity index (χ1n) is 6.91. The molecule has 1 aromatic heterocycles. The zero-order valence-electron chi connectivity index (χ0n) is 11.6. The molecule has 1 atom stereocenters. The van der Waals surface area contributed by atoms with Gasteiger partial charge in [0.25, 0.3) is 0 Å². The van der Waals surface area contributed by atoms with E-state index in [9.17, 15) is 4.79 Å². The Balaban J connectivity index is 1.53. The second kappa shape index (κ2) is 7.11. The van der Waals surface area contributed by atoms with E-state index in [4.69, 9.17) is 4.74 Å². The number of carbonyl (C=O) groups is 1. The average molecular weight is 319 g/mol. The van der Waals surface area contributed by atoms with Crippen molar-refractivity contribution in [1.82, 2.24) is 4.90 Å². The van der Waals surface area contributed by atoms with Crippen LogP contribution < -0.4 is 0 Å². The quantitative estimate of drug-likeness (QED) is 0.844. The minimum Gasteiger partial charge on any atom is -0.367 e. The van der Waals surface area contributed by atoms with Crippen LogP contribution in [0.5, 0.6) is 0 Å².